The lowest BCUT2D eigenvalue weighted by Gasteiger charge is -2.23. The molecule has 1 heterocycles. The van der Waals surface area contributed by atoms with Crippen molar-refractivity contribution in [3.8, 4) is 16.9 Å². The molecule has 0 saturated heterocycles. The van der Waals surface area contributed by atoms with E-state index < -0.39 is 10.0 Å². The lowest BCUT2D eigenvalue weighted by molar-refractivity contribution is 0.401. The topological polar surface area (TPSA) is 55.2 Å². The van der Waals surface area contributed by atoms with Gasteiger partial charge in [0.15, 0.2) is 5.16 Å². The normalized spacial score (nSPS) is 11.7. The van der Waals surface area contributed by atoms with Crippen LogP contribution in [0, 0.1) is 6.92 Å². The molecule has 0 unspecified atom stereocenters. The van der Waals surface area contributed by atoms with Crippen LogP contribution in [0.25, 0.3) is 16.9 Å². The van der Waals surface area contributed by atoms with Crippen molar-refractivity contribution >= 4 is 21.8 Å². The van der Waals surface area contributed by atoms with E-state index in [1.54, 1.807) is 28.2 Å². The number of aryl methyl sites for hydroxylation is 1. The van der Waals surface area contributed by atoms with Crippen LogP contribution >= 0.6 is 11.8 Å². The van der Waals surface area contributed by atoms with E-state index in [0.717, 1.165) is 39.0 Å². The second-order valence-electron chi connectivity index (χ2n) is 9.30. The van der Waals surface area contributed by atoms with Gasteiger partial charge in [0.2, 0.25) is 10.0 Å². The van der Waals surface area contributed by atoms with Crippen LogP contribution in [0.2, 0.25) is 0 Å². The maximum atomic E-state index is 13.9. The van der Waals surface area contributed by atoms with Crippen LogP contribution in [-0.4, -0.2) is 28.0 Å². The number of nitrogens with zero attached hydrogens (tertiary/aromatic N) is 3. The van der Waals surface area contributed by atoms with E-state index in [0.29, 0.717) is 0 Å². The van der Waals surface area contributed by atoms with Gasteiger partial charge in [-0.3, -0.25) is 4.57 Å². The summed E-state index contributed by atoms with van der Waals surface area (Å²) in [5.74, 6) is 0.901. The molecule has 0 N–H and O–H groups in total. The fourth-order valence-electron chi connectivity index (χ4n) is 4.46. The lowest BCUT2D eigenvalue weighted by atomic mass is 10.1. The minimum atomic E-state index is -3.76. The van der Waals surface area contributed by atoms with E-state index in [9.17, 15) is 8.42 Å². The maximum absolute atomic E-state index is 13.9. The van der Waals surface area contributed by atoms with Crippen molar-refractivity contribution in [2.75, 3.05) is 5.75 Å². The van der Waals surface area contributed by atoms with Gasteiger partial charge in [-0.1, -0.05) is 109 Å². The van der Waals surface area contributed by atoms with Crippen LogP contribution in [0.4, 0.5) is 0 Å². The molecule has 0 fully saturated rings. The molecule has 198 valence electrons. The summed E-state index contributed by atoms with van der Waals surface area (Å²) in [6.07, 6.45) is 1.86. The standard InChI is InChI=1S/C32H31N3O2S2/c1-3-38-32-33-22-31(35(32)29-18-14-25(2)15-19-29)28-16-20-30(21-17-28)39(36,37)34(23-26-10-6-4-7-11-26)24-27-12-8-5-9-13-27/h4-22H,3,23-24H2,1-2H3. The maximum Gasteiger partial charge on any atom is 0.243 e. The molecule has 0 saturated carbocycles. The molecular formula is C32H31N3O2S2. The molecule has 0 aliphatic heterocycles. The summed E-state index contributed by atoms with van der Waals surface area (Å²) in [7, 11) is -3.76. The van der Waals surface area contributed by atoms with Crippen LogP contribution in [0.3, 0.4) is 0 Å². The summed E-state index contributed by atoms with van der Waals surface area (Å²) in [6, 6.07) is 34.9. The van der Waals surface area contributed by atoms with Gasteiger partial charge in [0, 0.05) is 24.3 Å². The Morgan fingerprint density at radius 2 is 1.33 bits per heavy atom. The van der Waals surface area contributed by atoms with Crippen molar-refractivity contribution in [3.05, 3.63) is 132 Å². The molecule has 5 aromatic rings. The molecular weight excluding hydrogens is 523 g/mol. The third-order valence-corrected chi connectivity index (χ3v) is 9.13. The van der Waals surface area contributed by atoms with E-state index in [1.807, 2.05) is 79.0 Å². The van der Waals surface area contributed by atoms with Gasteiger partial charge in [-0.15, -0.1) is 0 Å². The highest BCUT2D eigenvalue weighted by Gasteiger charge is 2.25. The van der Waals surface area contributed by atoms with Gasteiger partial charge in [-0.2, -0.15) is 4.31 Å². The Balaban J connectivity index is 1.49. The Hall–Kier alpha value is -3.65. The Morgan fingerprint density at radius 1 is 0.769 bits per heavy atom. The molecule has 0 aliphatic rings. The van der Waals surface area contributed by atoms with Crippen molar-refractivity contribution in [1.82, 2.24) is 13.9 Å². The highest BCUT2D eigenvalue weighted by molar-refractivity contribution is 7.99. The predicted octanol–water partition coefficient (Wildman–Crippen LogP) is 7.35. The molecule has 4 aromatic carbocycles. The summed E-state index contributed by atoms with van der Waals surface area (Å²) in [6.45, 7) is 4.75. The van der Waals surface area contributed by atoms with Crippen LogP contribution in [0.15, 0.2) is 125 Å². The molecule has 5 nitrogen and oxygen atoms in total. The third kappa shape index (κ3) is 6.17. The highest BCUT2D eigenvalue weighted by atomic mass is 32.2. The first-order valence-corrected chi connectivity index (χ1v) is 15.3. The minimum Gasteiger partial charge on any atom is -0.287 e. The Labute approximate surface area is 235 Å². The highest BCUT2D eigenvalue weighted by Crippen LogP contribution is 2.31. The molecule has 0 spiro atoms. The van der Waals surface area contributed by atoms with Crippen LogP contribution < -0.4 is 0 Å². The fraction of sp³-hybridized carbons (Fsp3) is 0.156. The van der Waals surface area contributed by atoms with Gasteiger partial charge in [-0.05, 0) is 48.1 Å². The Morgan fingerprint density at radius 3 is 1.87 bits per heavy atom. The third-order valence-electron chi connectivity index (χ3n) is 6.49. The average molecular weight is 554 g/mol. The minimum absolute atomic E-state index is 0.266. The number of rotatable bonds is 10. The molecule has 0 aliphatic carbocycles. The summed E-state index contributed by atoms with van der Waals surface area (Å²) < 4.78 is 31.5. The number of aromatic nitrogens is 2. The first-order valence-electron chi connectivity index (χ1n) is 12.9. The number of imidazole rings is 1. The monoisotopic (exact) mass is 553 g/mol. The molecule has 0 amide bonds. The number of hydrogen-bond acceptors (Lipinski definition) is 4. The zero-order valence-corrected chi connectivity index (χ0v) is 23.7. The number of hydrogen-bond donors (Lipinski definition) is 0. The first kappa shape index (κ1) is 26.9. The fourth-order valence-corrected chi connectivity index (χ4v) is 6.59. The summed E-state index contributed by atoms with van der Waals surface area (Å²) in [5, 5.41) is 0.907. The van der Waals surface area contributed by atoms with Gasteiger partial charge in [0.25, 0.3) is 0 Å². The van der Waals surface area contributed by atoms with E-state index in [1.165, 1.54) is 5.56 Å². The predicted molar refractivity (Wildman–Crippen MR) is 159 cm³/mol. The number of sulfonamides is 1. The summed E-state index contributed by atoms with van der Waals surface area (Å²) in [4.78, 5) is 4.94. The quantitative estimate of drug-likeness (QED) is 0.170. The smallest absolute Gasteiger partial charge is 0.243 e. The van der Waals surface area contributed by atoms with Gasteiger partial charge in [-0.25, -0.2) is 13.4 Å². The largest absolute Gasteiger partial charge is 0.287 e. The zero-order chi connectivity index (χ0) is 27.2. The average Bonchev–Trinajstić information content (AvgIpc) is 3.38. The second kappa shape index (κ2) is 12.0. The van der Waals surface area contributed by atoms with Gasteiger partial charge >= 0.3 is 0 Å². The van der Waals surface area contributed by atoms with Crippen LogP contribution in [0.5, 0.6) is 0 Å². The number of thioether (sulfide) groups is 1. The Kier molecular flexibility index (Phi) is 8.31. The molecule has 0 radical (unpaired) electrons. The summed E-state index contributed by atoms with van der Waals surface area (Å²) >= 11 is 1.68. The number of benzene rings is 4. The molecule has 7 heteroatoms. The summed E-state index contributed by atoms with van der Waals surface area (Å²) in [5.41, 5.74) is 5.92. The van der Waals surface area contributed by atoms with Crippen molar-refractivity contribution in [2.24, 2.45) is 0 Å². The SMILES string of the molecule is CCSc1ncc(-c2ccc(S(=O)(=O)N(Cc3ccccc3)Cc3ccccc3)cc2)n1-c1ccc(C)cc1. The van der Waals surface area contributed by atoms with Crippen LogP contribution in [0.1, 0.15) is 23.6 Å². The van der Waals surface area contributed by atoms with Crippen molar-refractivity contribution < 1.29 is 8.42 Å². The van der Waals surface area contributed by atoms with Crippen LogP contribution in [-0.2, 0) is 23.1 Å². The van der Waals surface area contributed by atoms with E-state index in [-0.39, 0.29) is 18.0 Å². The zero-order valence-electron chi connectivity index (χ0n) is 22.1. The Bertz CT molecular complexity index is 1570. The van der Waals surface area contributed by atoms with E-state index in [2.05, 4.69) is 47.7 Å². The van der Waals surface area contributed by atoms with Crippen molar-refractivity contribution in [1.29, 1.82) is 0 Å². The van der Waals surface area contributed by atoms with Crippen molar-refractivity contribution in [2.45, 2.75) is 37.0 Å². The van der Waals surface area contributed by atoms with Gasteiger partial charge in [0.05, 0.1) is 16.8 Å². The molecule has 1 aromatic heterocycles. The van der Waals surface area contributed by atoms with Gasteiger partial charge in [0.1, 0.15) is 0 Å². The molecule has 0 atom stereocenters. The van der Waals surface area contributed by atoms with Crippen molar-refractivity contribution in [3.63, 3.8) is 0 Å². The molecule has 5 rings (SSSR count). The van der Waals surface area contributed by atoms with E-state index in [4.69, 9.17) is 0 Å². The lowest BCUT2D eigenvalue weighted by Crippen LogP contribution is -2.30. The van der Waals surface area contributed by atoms with E-state index >= 15 is 0 Å². The first-order chi connectivity index (χ1) is 19.0. The second-order valence-corrected chi connectivity index (χ2v) is 12.5. The molecule has 0 bridgehead atoms. The van der Waals surface area contributed by atoms with Gasteiger partial charge < -0.3 is 0 Å². The molecule has 39 heavy (non-hydrogen) atoms.